The van der Waals surface area contributed by atoms with Gasteiger partial charge in [-0.1, -0.05) is 29.3 Å². The fourth-order valence-electron chi connectivity index (χ4n) is 3.21. The van der Waals surface area contributed by atoms with E-state index in [1.54, 1.807) is 24.3 Å². The Hall–Kier alpha value is -3.81. The zero-order valence-corrected chi connectivity index (χ0v) is 19.7. The quantitative estimate of drug-likeness (QED) is 0.317. The van der Waals surface area contributed by atoms with Crippen molar-refractivity contribution in [3.05, 3.63) is 75.5 Å². The zero-order chi connectivity index (χ0) is 26.5. The van der Waals surface area contributed by atoms with Gasteiger partial charge in [-0.2, -0.15) is 18.4 Å². The highest BCUT2D eigenvalue weighted by Gasteiger charge is 2.33. The standard InChI is InChI=1S/C24H16Cl2F3N3O4/c25-14-4-5-15(16(9-14)17-11-31-21(24(27,28)29)8-13(17)10-30)19(33)12-32-23-18(26)2-1-3-20(23)36-7-6-22(34)35/h1-5,8-9,11,32H,6-7,12H2,(H,34,35). The van der Waals surface area contributed by atoms with Crippen LogP contribution < -0.4 is 10.1 Å². The molecule has 0 fully saturated rings. The second-order valence-corrected chi connectivity index (χ2v) is 8.14. The highest BCUT2D eigenvalue weighted by atomic mass is 35.5. The normalized spacial score (nSPS) is 11.0. The maximum Gasteiger partial charge on any atom is 0.433 e. The zero-order valence-electron chi connectivity index (χ0n) is 18.2. The van der Waals surface area contributed by atoms with Crippen LogP contribution >= 0.6 is 23.2 Å². The number of benzene rings is 2. The molecule has 36 heavy (non-hydrogen) atoms. The number of nitrogens with one attached hydrogen (secondary N) is 1. The minimum Gasteiger partial charge on any atom is -0.491 e. The fraction of sp³-hybridized carbons (Fsp3) is 0.167. The summed E-state index contributed by atoms with van der Waals surface area (Å²) in [6, 6.07) is 11.2. The van der Waals surface area contributed by atoms with Crippen LogP contribution in [0.25, 0.3) is 11.1 Å². The number of aromatic nitrogens is 1. The van der Waals surface area contributed by atoms with E-state index in [4.69, 9.17) is 33.0 Å². The molecule has 0 saturated heterocycles. The molecule has 0 saturated carbocycles. The summed E-state index contributed by atoms with van der Waals surface area (Å²) >= 11 is 12.3. The molecule has 0 aliphatic carbocycles. The Kier molecular flexibility index (Phi) is 8.40. The van der Waals surface area contributed by atoms with Gasteiger partial charge in [-0.25, -0.2) is 0 Å². The number of ether oxygens (including phenoxy) is 1. The molecule has 0 atom stereocenters. The molecule has 2 N–H and O–H groups in total. The predicted molar refractivity (Wildman–Crippen MR) is 126 cm³/mol. The van der Waals surface area contributed by atoms with Crippen LogP contribution in [0.2, 0.25) is 10.0 Å². The summed E-state index contributed by atoms with van der Waals surface area (Å²) in [5, 5.41) is 21.5. The van der Waals surface area contributed by atoms with Crippen molar-refractivity contribution in [1.82, 2.24) is 4.98 Å². The van der Waals surface area contributed by atoms with Gasteiger partial charge in [0, 0.05) is 22.3 Å². The van der Waals surface area contributed by atoms with Crippen molar-refractivity contribution in [3.8, 4) is 22.9 Å². The molecule has 1 heterocycles. The number of alkyl halides is 3. The Bertz CT molecular complexity index is 1360. The number of nitriles is 1. The van der Waals surface area contributed by atoms with Gasteiger partial charge in [-0.05, 0) is 42.0 Å². The van der Waals surface area contributed by atoms with Crippen LogP contribution in [-0.2, 0) is 11.0 Å². The van der Waals surface area contributed by atoms with Crippen molar-refractivity contribution in [2.45, 2.75) is 12.6 Å². The SMILES string of the molecule is N#Cc1cc(C(F)(F)F)ncc1-c1cc(Cl)ccc1C(=O)CNc1c(Cl)cccc1OCCC(=O)O. The molecule has 0 amide bonds. The Balaban J connectivity index is 1.91. The van der Waals surface area contributed by atoms with E-state index in [1.165, 1.54) is 18.2 Å². The van der Waals surface area contributed by atoms with Crippen LogP contribution in [0.4, 0.5) is 18.9 Å². The van der Waals surface area contributed by atoms with Gasteiger partial charge in [0.25, 0.3) is 0 Å². The number of hydrogen-bond donors (Lipinski definition) is 2. The van der Waals surface area contributed by atoms with Crippen LogP contribution in [0.1, 0.15) is 28.0 Å². The molecule has 3 aromatic rings. The maximum atomic E-state index is 13.1. The molecule has 0 unspecified atom stereocenters. The van der Waals surface area contributed by atoms with Gasteiger partial charge in [0.1, 0.15) is 11.4 Å². The van der Waals surface area contributed by atoms with Gasteiger partial charge >= 0.3 is 12.1 Å². The van der Waals surface area contributed by atoms with Gasteiger partial charge in [-0.15, -0.1) is 0 Å². The summed E-state index contributed by atoms with van der Waals surface area (Å²) in [5.41, 5.74) is -1.11. The lowest BCUT2D eigenvalue weighted by Gasteiger charge is -2.16. The number of nitrogens with zero attached hydrogens (tertiary/aromatic N) is 2. The highest BCUT2D eigenvalue weighted by Crippen LogP contribution is 2.35. The van der Waals surface area contributed by atoms with Crippen LogP contribution in [0.5, 0.6) is 5.75 Å². The van der Waals surface area contributed by atoms with E-state index in [2.05, 4.69) is 10.3 Å². The number of carboxylic acids is 1. The first-order valence-electron chi connectivity index (χ1n) is 10.2. The summed E-state index contributed by atoms with van der Waals surface area (Å²) in [4.78, 5) is 27.3. The number of Topliss-reactive ketones (excluding diaryl/α,β-unsaturated/α-hetero) is 1. The molecular weight excluding hydrogens is 522 g/mol. The Labute approximate surface area is 213 Å². The lowest BCUT2D eigenvalue weighted by molar-refractivity contribution is -0.141. The summed E-state index contributed by atoms with van der Waals surface area (Å²) in [6.07, 6.45) is -4.12. The molecule has 1 aromatic heterocycles. The number of carbonyl (C=O) groups excluding carboxylic acids is 1. The molecule has 7 nitrogen and oxygen atoms in total. The van der Waals surface area contributed by atoms with E-state index in [1.807, 2.05) is 0 Å². The number of halogens is 5. The van der Waals surface area contributed by atoms with E-state index in [0.717, 1.165) is 6.20 Å². The highest BCUT2D eigenvalue weighted by molar-refractivity contribution is 6.33. The van der Waals surface area contributed by atoms with Crippen molar-refractivity contribution < 1.29 is 32.6 Å². The van der Waals surface area contributed by atoms with Crippen LogP contribution in [-0.4, -0.2) is 35.0 Å². The molecular formula is C24H16Cl2F3N3O4. The first kappa shape index (κ1) is 26.8. The summed E-state index contributed by atoms with van der Waals surface area (Å²) < 4.78 is 44.6. The number of anilines is 1. The van der Waals surface area contributed by atoms with Crippen molar-refractivity contribution in [2.24, 2.45) is 0 Å². The first-order chi connectivity index (χ1) is 17.0. The Morgan fingerprint density at radius 1 is 1.14 bits per heavy atom. The number of rotatable bonds is 9. The van der Waals surface area contributed by atoms with Crippen molar-refractivity contribution in [2.75, 3.05) is 18.5 Å². The van der Waals surface area contributed by atoms with Crippen LogP contribution in [0.15, 0.2) is 48.7 Å². The molecule has 186 valence electrons. The molecule has 12 heteroatoms. The van der Waals surface area contributed by atoms with Crippen molar-refractivity contribution >= 4 is 40.6 Å². The lowest BCUT2D eigenvalue weighted by Crippen LogP contribution is -2.16. The maximum absolute atomic E-state index is 13.1. The van der Waals surface area contributed by atoms with Gasteiger partial charge in [0.15, 0.2) is 5.78 Å². The Morgan fingerprint density at radius 2 is 1.89 bits per heavy atom. The van der Waals surface area contributed by atoms with Gasteiger partial charge in [0.05, 0.1) is 41.9 Å². The molecule has 0 aliphatic heterocycles. The third-order valence-corrected chi connectivity index (χ3v) is 5.41. The van der Waals surface area contributed by atoms with E-state index in [9.17, 15) is 28.0 Å². The van der Waals surface area contributed by atoms with E-state index in [-0.39, 0.29) is 63.3 Å². The summed E-state index contributed by atoms with van der Waals surface area (Å²) in [5.74, 6) is -1.32. The summed E-state index contributed by atoms with van der Waals surface area (Å²) in [7, 11) is 0. The van der Waals surface area contributed by atoms with Gasteiger partial charge < -0.3 is 15.2 Å². The number of carboxylic acid groups (broad SMARTS) is 1. The number of hydrogen-bond acceptors (Lipinski definition) is 6. The lowest BCUT2D eigenvalue weighted by atomic mass is 9.94. The molecule has 0 bridgehead atoms. The van der Waals surface area contributed by atoms with Crippen molar-refractivity contribution in [1.29, 1.82) is 5.26 Å². The number of pyridine rings is 1. The number of aliphatic carboxylic acids is 1. The average Bonchev–Trinajstić information content (AvgIpc) is 2.82. The minimum absolute atomic E-state index is 0.00628. The first-order valence-corrected chi connectivity index (χ1v) is 10.9. The number of ketones is 1. The second-order valence-electron chi connectivity index (χ2n) is 7.30. The third-order valence-electron chi connectivity index (χ3n) is 4.86. The van der Waals surface area contributed by atoms with E-state index >= 15 is 0 Å². The predicted octanol–water partition coefficient (Wildman–Crippen LogP) is 6.09. The molecule has 0 radical (unpaired) electrons. The largest absolute Gasteiger partial charge is 0.491 e. The molecule has 0 aliphatic rings. The molecule has 0 spiro atoms. The Morgan fingerprint density at radius 3 is 2.56 bits per heavy atom. The van der Waals surface area contributed by atoms with Gasteiger partial charge in [0.2, 0.25) is 0 Å². The van der Waals surface area contributed by atoms with E-state index in [0.29, 0.717) is 6.07 Å². The third kappa shape index (κ3) is 6.44. The molecule has 2 aromatic carbocycles. The van der Waals surface area contributed by atoms with Crippen LogP contribution in [0, 0.1) is 11.3 Å². The smallest absolute Gasteiger partial charge is 0.433 e. The van der Waals surface area contributed by atoms with Crippen LogP contribution in [0.3, 0.4) is 0 Å². The summed E-state index contributed by atoms with van der Waals surface area (Å²) in [6.45, 7) is -0.443. The number of carbonyl (C=O) groups is 2. The second kappa shape index (κ2) is 11.3. The average molecular weight is 538 g/mol. The minimum atomic E-state index is -4.75. The van der Waals surface area contributed by atoms with Crippen molar-refractivity contribution in [3.63, 3.8) is 0 Å². The number of para-hydroxylation sites is 1. The monoisotopic (exact) mass is 537 g/mol. The van der Waals surface area contributed by atoms with Gasteiger partial charge in [-0.3, -0.25) is 14.6 Å². The molecule has 3 rings (SSSR count). The fourth-order valence-corrected chi connectivity index (χ4v) is 3.61. The van der Waals surface area contributed by atoms with E-state index < -0.39 is 23.6 Å². The topological polar surface area (TPSA) is 112 Å².